The molecule has 0 aliphatic carbocycles. The van der Waals surface area contributed by atoms with Gasteiger partial charge < -0.3 is 5.32 Å². The van der Waals surface area contributed by atoms with E-state index in [9.17, 15) is 4.79 Å². The van der Waals surface area contributed by atoms with Gasteiger partial charge in [0, 0.05) is 18.0 Å². The van der Waals surface area contributed by atoms with E-state index in [-0.39, 0.29) is 5.91 Å². The van der Waals surface area contributed by atoms with E-state index in [2.05, 4.69) is 50.0 Å². The predicted molar refractivity (Wildman–Crippen MR) is 125 cm³/mol. The number of benzene rings is 2. The van der Waals surface area contributed by atoms with Gasteiger partial charge in [-0.05, 0) is 72.9 Å². The number of aryl methyl sites for hydroxylation is 1. The summed E-state index contributed by atoms with van der Waals surface area (Å²) in [6.07, 6.45) is 8.14. The largest absolute Gasteiger partial charge is 0.356 e. The maximum atomic E-state index is 12.3. The topological polar surface area (TPSA) is 29.1 Å². The highest BCUT2D eigenvalue weighted by Gasteiger charge is 2.11. The number of nitrogens with one attached hydrogen (secondary N) is 1. The third-order valence-corrected chi connectivity index (χ3v) is 5.54. The molecule has 0 radical (unpaired) electrons. The van der Waals surface area contributed by atoms with Gasteiger partial charge in [0.25, 0.3) is 0 Å². The fourth-order valence-corrected chi connectivity index (χ4v) is 3.83. The predicted octanol–water partition coefficient (Wildman–Crippen LogP) is 7.09. The van der Waals surface area contributed by atoms with Gasteiger partial charge in [0.1, 0.15) is 0 Å². The van der Waals surface area contributed by atoms with Gasteiger partial charge in [0.2, 0.25) is 5.91 Å². The van der Waals surface area contributed by atoms with E-state index in [1.165, 1.54) is 11.1 Å². The zero-order valence-electron chi connectivity index (χ0n) is 17.6. The second-order valence-corrected chi connectivity index (χ2v) is 7.83. The standard InChI is InChI=1S/C26H32ClNO/c1-4-10-23(25-19-24(27)16-15-20(25)3)17-18-28-26(29)14-9-13-21(5-2)22-11-7-6-8-12-22/h4,6-8,10-12,15-16,19,21H,1,5,9,13-14,17-18H2,2-3H3,(H,28,29)/b23-10-. The minimum Gasteiger partial charge on any atom is -0.356 e. The van der Waals surface area contributed by atoms with Gasteiger partial charge in [-0.25, -0.2) is 0 Å². The fraction of sp³-hybridized carbons (Fsp3) is 0.346. The Morgan fingerprint density at radius 1 is 1.17 bits per heavy atom. The van der Waals surface area contributed by atoms with Gasteiger partial charge in [-0.2, -0.15) is 0 Å². The molecule has 154 valence electrons. The molecule has 2 nitrogen and oxygen atoms in total. The highest BCUT2D eigenvalue weighted by atomic mass is 35.5. The smallest absolute Gasteiger partial charge is 0.220 e. The van der Waals surface area contributed by atoms with Crippen LogP contribution in [0.2, 0.25) is 5.02 Å². The van der Waals surface area contributed by atoms with Crippen LogP contribution in [-0.4, -0.2) is 12.5 Å². The van der Waals surface area contributed by atoms with Crippen LogP contribution in [0.4, 0.5) is 0 Å². The van der Waals surface area contributed by atoms with Crippen LogP contribution >= 0.6 is 11.6 Å². The molecule has 0 bridgehead atoms. The average Bonchev–Trinajstić information content (AvgIpc) is 2.73. The maximum absolute atomic E-state index is 12.3. The molecule has 0 heterocycles. The van der Waals surface area contributed by atoms with Gasteiger partial charge >= 0.3 is 0 Å². The van der Waals surface area contributed by atoms with E-state index in [0.29, 0.717) is 23.9 Å². The van der Waals surface area contributed by atoms with Crippen molar-refractivity contribution in [1.82, 2.24) is 5.32 Å². The third kappa shape index (κ3) is 7.55. The van der Waals surface area contributed by atoms with Crippen LogP contribution in [0.3, 0.4) is 0 Å². The molecule has 1 N–H and O–H groups in total. The van der Waals surface area contributed by atoms with E-state index in [1.807, 2.05) is 30.3 Å². The van der Waals surface area contributed by atoms with Crippen molar-refractivity contribution in [2.75, 3.05) is 6.54 Å². The number of hydrogen-bond acceptors (Lipinski definition) is 1. The molecule has 1 atom stereocenters. The summed E-state index contributed by atoms with van der Waals surface area (Å²) >= 11 is 6.16. The zero-order valence-corrected chi connectivity index (χ0v) is 18.3. The summed E-state index contributed by atoms with van der Waals surface area (Å²) in [6.45, 7) is 8.70. The summed E-state index contributed by atoms with van der Waals surface area (Å²) in [4.78, 5) is 12.3. The van der Waals surface area contributed by atoms with Crippen LogP contribution in [0, 0.1) is 6.92 Å². The first-order chi connectivity index (χ1) is 14.0. The van der Waals surface area contributed by atoms with E-state index in [4.69, 9.17) is 11.6 Å². The number of allylic oxidation sites excluding steroid dienone is 2. The molecular formula is C26H32ClNO. The molecule has 0 saturated carbocycles. The Morgan fingerprint density at radius 3 is 2.62 bits per heavy atom. The molecule has 0 aromatic heterocycles. The summed E-state index contributed by atoms with van der Waals surface area (Å²) in [5, 5.41) is 3.78. The van der Waals surface area contributed by atoms with Crippen LogP contribution in [0.5, 0.6) is 0 Å². The second-order valence-electron chi connectivity index (χ2n) is 7.39. The van der Waals surface area contributed by atoms with Crippen LogP contribution in [0.15, 0.2) is 67.3 Å². The molecule has 3 heteroatoms. The van der Waals surface area contributed by atoms with Crippen molar-refractivity contribution in [2.45, 2.75) is 51.9 Å². The lowest BCUT2D eigenvalue weighted by molar-refractivity contribution is -0.121. The first kappa shape index (κ1) is 23.0. The molecule has 2 rings (SSSR count). The average molecular weight is 410 g/mol. The van der Waals surface area contributed by atoms with Crippen LogP contribution < -0.4 is 5.32 Å². The summed E-state index contributed by atoms with van der Waals surface area (Å²) < 4.78 is 0. The Hall–Kier alpha value is -2.32. The summed E-state index contributed by atoms with van der Waals surface area (Å²) in [6, 6.07) is 16.5. The van der Waals surface area contributed by atoms with Crippen molar-refractivity contribution in [3.63, 3.8) is 0 Å². The fourth-order valence-electron chi connectivity index (χ4n) is 3.66. The summed E-state index contributed by atoms with van der Waals surface area (Å²) in [5.74, 6) is 0.644. The van der Waals surface area contributed by atoms with Crippen LogP contribution in [-0.2, 0) is 4.79 Å². The first-order valence-corrected chi connectivity index (χ1v) is 10.8. The SMILES string of the molecule is C=C/C=C(/CCNC(=O)CCCC(CC)c1ccccc1)c1cc(Cl)ccc1C. The Bertz CT molecular complexity index is 826. The molecule has 0 aliphatic rings. The molecule has 0 fully saturated rings. The normalized spacial score (nSPS) is 12.4. The van der Waals surface area contributed by atoms with Crippen molar-refractivity contribution in [2.24, 2.45) is 0 Å². The maximum Gasteiger partial charge on any atom is 0.220 e. The third-order valence-electron chi connectivity index (χ3n) is 5.30. The number of carbonyl (C=O) groups is 1. The summed E-state index contributed by atoms with van der Waals surface area (Å²) in [5.41, 5.74) is 4.78. The number of hydrogen-bond donors (Lipinski definition) is 1. The number of halogens is 1. The molecule has 29 heavy (non-hydrogen) atoms. The quantitative estimate of drug-likeness (QED) is 0.394. The molecular weight excluding hydrogens is 378 g/mol. The van der Waals surface area contributed by atoms with Gasteiger partial charge in [0.05, 0.1) is 0 Å². The molecule has 1 amide bonds. The minimum absolute atomic E-state index is 0.119. The molecule has 2 aromatic rings. The highest BCUT2D eigenvalue weighted by Crippen LogP contribution is 2.26. The number of carbonyl (C=O) groups excluding carboxylic acids is 1. The Labute approximate surface area is 180 Å². The Morgan fingerprint density at radius 2 is 1.93 bits per heavy atom. The van der Waals surface area contributed by atoms with Crippen molar-refractivity contribution >= 4 is 23.1 Å². The lowest BCUT2D eigenvalue weighted by atomic mass is 9.91. The molecule has 2 aromatic carbocycles. The first-order valence-electron chi connectivity index (χ1n) is 10.4. The lowest BCUT2D eigenvalue weighted by Gasteiger charge is -2.15. The highest BCUT2D eigenvalue weighted by molar-refractivity contribution is 6.30. The van der Waals surface area contributed by atoms with E-state index >= 15 is 0 Å². The van der Waals surface area contributed by atoms with Crippen LogP contribution in [0.1, 0.15) is 61.6 Å². The monoisotopic (exact) mass is 409 g/mol. The van der Waals surface area contributed by atoms with Gasteiger partial charge in [-0.1, -0.05) is 73.7 Å². The van der Waals surface area contributed by atoms with Crippen molar-refractivity contribution < 1.29 is 4.79 Å². The van der Waals surface area contributed by atoms with Gasteiger partial charge in [-0.15, -0.1) is 0 Å². The van der Waals surface area contributed by atoms with Crippen molar-refractivity contribution in [3.8, 4) is 0 Å². The summed E-state index contributed by atoms with van der Waals surface area (Å²) in [7, 11) is 0. The van der Waals surface area contributed by atoms with E-state index < -0.39 is 0 Å². The van der Waals surface area contributed by atoms with Crippen molar-refractivity contribution in [1.29, 1.82) is 0 Å². The number of amides is 1. The second kappa shape index (κ2) is 12.3. The van der Waals surface area contributed by atoms with Crippen molar-refractivity contribution in [3.05, 3.63) is 89.0 Å². The van der Waals surface area contributed by atoms with Gasteiger partial charge in [-0.3, -0.25) is 4.79 Å². The minimum atomic E-state index is 0.119. The molecule has 1 unspecified atom stereocenters. The van der Waals surface area contributed by atoms with E-state index in [0.717, 1.165) is 36.8 Å². The van der Waals surface area contributed by atoms with Crippen LogP contribution in [0.25, 0.3) is 5.57 Å². The van der Waals surface area contributed by atoms with Gasteiger partial charge in [0.15, 0.2) is 0 Å². The molecule has 0 aliphatic heterocycles. The Kier molecular flexibility index (Phi) is 9.73. The van der Waals surface area contributed by atoms with E-state index in [1.54, 1.807) is 6.08 Å². The lowest BCUT2D eigenvalue weighted by Crippen LogP contribution is -2.24. The molecule has 0 saturated heterocycles. The molecule has 0 spiro atoms. The Balaban J connectivity index is 1.80. The number of rotatable bonds is 11. The zero-order chi connectivity index (χ0) is 21.1.